The van der Waals surface area contributed by atoms with Gasteiger partial charge in [-0.3, -0.25) is 4.79 Å². The van der Waals surface area contributed by atoms with Crippen LogP contribution in [0, 0.1) is 6.92 Å². The van der Waals surface area contributed by atoms with E-state index in [1.807, 2.05) is 56.3 Å². The van der Waals surface area contributed by atoms with Crippen LogP contribution >= 0.6 is 0 Å². The quantitative estimate of drug-likeness (QED) is 0.395. The Kier molecular flexibility index (Phi) is 8.31. The van der Waals surface area contributed by atoms with Gasteiger partial charge in [0.2, 0.25) is 0 Å². The summed E-state index contributed by atoms with van der Waals surface area (Å²) in [5, 5.41) is 0. The fraction of sp³-hybridized carbons (Fsp3) is 0.367. The SMILES string of the molecule is CCOc1c(-c2ccccc2)ccc(N2CCN(C(=O)c3ccc(C)cc3C(F)(F)F)C[C@H]2CC)c1CN. The molecule has 0 aromatic heterocycles. The predicted octanol–water partition coefficient (Wildman–Crippen LogP) is 6.28. The molecule has 0 spiro atoms. The summed E-state index contributed by atoms with van der Waals surface area (Å²) in [6.45, 7) is 7.37. The normalized spacial score (nSPS) is 16.0. The fourth-order valence-corrected chi connectivity index (χ4v) is 5.19. The molecule has 3 aromatic carbocycles. The van der Waals surface area contributed by atoms with Gasteiger partial charge in [0.25, 0.3) is 5.91 Å². The monoisotopic (exact) mass is 525 g/mol. The standard InChI is InChI=1S/C30H34F3N3O2/c1-4-22-19-35(29(37)24-12-11-20(3)17-26(24)30(31,32)33)15-16-36(22)27-14-13-23(21-9-7-6-8-10-21)28(38-5-2)25(27)18-34/h6-14,17,22H,4-5,15-16,18-19,34H2,1-3H3/t22-/m1/s1. The lowest BCUT2D eigenvalue weighted by atomic mass is 9.97. The molecular weight excluding hydrogens is 491 g/mol. The molecule has 2 N–H and O–H groups in total. The fourth-order valence-electron chi connectivity index (χ4n) is 5.19. The van der Waals surface area contributed by atoms with Crippen molar-refractivity contribution < 1.29 is 22.7 Å². The summed E-state index contributed by atoms with van der Waals surface area (Å²) in [4.78, 5) is 17.1. The maximum Gasteiger partial charge on any atom is 0.417 e. The van der Waals surface area contributed by atoms with Gasteiger partial charge in [-0.05, 0) is 50.1 Å². The van der Waals surface area contributed by atoms with Crippen molar-refractivity contribution in [1.29, 1.82) is 0 Å². The minimum absolute atomic E-state index is 0.0881. The lowest BCUT2D eigenvalue weighted by molar-refractivity contribution is -0.138. The molecule has 3 aromatic rings. The number of carbonyl (C=O) groups is 1. The van der Waals surface area contributed by atoms with Crippen molar-refractivity contribution >= 4 is 11.6 Å². The van der Waals surface area contributed by atoms with Gasteiger partial charge < -0.3 is 20.3 Å². The van der Waals surface area contributed by atoms with Crippen molar-refractivity contribution in [2.45, 2.75) is 46.0 Å². The molecule has 0 bridgehead atoms. The van der Waals surface area contributed by atoms with E-state index in [4.69, 9.17) is 10.5 Å². The summed E-state index contributed by atoms with van der Waals surface area (Å²) in [6, 6.07) is 17.8. The van der Waals surface area contributed by atoms with Crippen molar-refractivity contribution in [2.75, 3.05) is 31.1 Å². The van der Waals surface area contributed by atoms with Gasteiger partial charge in [0.15, 0.2) is 0 Å². The zero-order valence-corrected chi connectivity index (χ0v) is 22.0. The number of nitrogens with zero attached hydrogens (tertiary/aromatic N) is 2. The zero-order valence-electron chi connectivity index (χ0n) is 22.0. The van der Waals surface area contributed by atoms with E-state index < -0.39 is 17.6 Å². The Morgan fingerprint density at radius 3 is 2.42 bits per heavy atom. The number of benzene rings is 3. The van der Waals surface area contributed by atoms with Gasteiger partial charge in [-0.15, -0.1) is 0 Å². The first-order valence-electron chi connectivity index (χ1n) is 13.0. The van der Waals surface area contributed by atoms with E-state index in [0.717, 1.165) is 34.2 Å². The van der Waals surface area contributed by atoms with Crippen LogP contribution < -0.4 is 15.4 Å². The minimum Gasteiger partial charge on any atom is -0.493 e. The minimum atomic E-state index is -4.60. The first-order chi connectivity index (χ1) is 18.2. The third-order valence-corrected chi connectivity index (χ3v) is 7.07. The highest BCUT2D eigenvalue weighted by molar-refractivity contribution is 5.96. The zero-order chi connectivity index (χ0) is 27.4. The number of aryl methyl sites for hydroxylation is 1. The molecular formula is C30H34F3N3O2. The van der Waals surface area contributed by atoms with Crippen molar-refractivity contribution in [3.8, 4) is 16.9 Å². The summed E-state index contributed by atoms with van der Waals surface area (Å²) in [5.41, 5.74) is 9.33. The predicted molar refractivity (Wildman–Crippen MR) is 144 cm³/mol. The van der Waals surface area contributed by atoms with Crippen LogP contribution in [0.3, 0.4) is 0 Å². The Morgan fingerprint density at radius 2 is 1.79 bits per heavy atom. The molecule has 1 heterocycles. The number of hydrogen-bond acceptors (Lipinski definition) is 4. The van der Waals surface area contributed by atoms with E-state index in [2.05, 4.69) is 4.90 Å². The van der Waals surface area contributed by atoms with E-state index in [-0.39, 0.29) is 18.2 Å². The summed E-state index contributed by atoms with van der Waals surface area (Å²) in [6.07, 6.45) is -3.90. The number of piperazine rings is 1. The Balaban J connectivity index is 1.66. The van der Waals surface area contributed by atoms with E-state index in [1.54, 1.807) is 13.0 Å². The number of ether oxygens (including phenoxy) is 1. The molecule has 4 rings (SSSR count). The Labute approximate surface area is 222 Å². The van der Waals surface area contributed by atoms with Gasteiger partial charge in [0.1, 0.15) is 5.75 Å². The highest BCUT2D eigenvalue weighted by Gasteiger charge is 2.38. The average molecular weight is 526 g/mol. The van der Waals surface area contributed by atoms with Crippen LogP contribution in [0.4, 0.5) is 18.9 Å². The van der Waals surface area contributed by atoms with Crippen LogP contribution in [0.25, 0.3) is 11.1 Å². The van der Waals surface area contributed by atoms with Crippen LogP contribution in [0.5, 0.6) is 5.75 Å². The van der Waals surface area contributed by atoms with Gasteiger partial charge in [0.05, 0.1) is 17.7 Å². The first-order valence-corrected chi connectivity index (χ1v) is 13.0. The Hall–Kier alpha value is -3.52. The molecule has 1 amide bonds. The van der Waals surface area contributed by atoms with Gasteiger partial charge in [0, 0.05) is 49.0 Å². The Morgan fingerprint density at radius 1 is 1.05 bits per heavy atom. The van der Waals surface area contributed by atoms with Gasteiger partial charge in [-0.1, -0.05) is 48.9 Å². The van der Waals surface area contributed by atoms with E-state index in [1.165, 1.54) is 11.0 Å². The van der Waals surface area contributed by atoms with Gasteiger partial charge >= 0.3 is 6.18 Å². The molecule has 38 heavy (non-hydrogen) atoms. The molecule has 202 valence electrons. The molecule has 1 aliphatic rings. The first kappa shape index (κ1) is 27.5. The third kappa shape index (κ3) is 5.50. The maximum absolute atomic E-state index is 13.7. The number of amides is 1. The Bertz CT molecular complexity index is 1280. The van der Waals surface area contributed by atoms with Crippen LogP contribution in [0.15, 0.2) is 60.7 Å². The molecule has 1 fully saturated rings. The van der Waals surface area contributed by atoms with Crippen LogP contribution in [0.1, 0.15) is 47.3 Å². The number of carbonyl (C=O) groups excluding carboxylic acids is 1. The van der Waals surface area contributed by atoms with Crippen molar-refractivity contribution in [2.24, 2.45) is 5.73 Å². The third-order valence-electron chi connectivity index (χ3n) is 7.07. The molecule has 1 atom stereocenters. The van der Waals surface area contributed by atoms with E-state index >= 15 is 0 Å². The van der Waals surface area contributed by atoms with E-state index in [0.29, 0.717) is 38.2 Å². The molecule has 5 nitrogen and oxygen atoms in total. The summed E-state index contributed by atoms with van der Waals surface area (Å²) < 4.78 is 47.3. The van der Waals surface area contributed by atoms with E-state index in [9.17, 15) is 18.0 Å². The highest BCUT2D eigenvalue weighted by atomic mass is 19.4. The second kappa shape index (κ2) is 11.5. The number of anilines is 1. The second-order valence-corrected chi connectivity index (χ2v) is 9.50. The van der Waals surface area contributed by atoms with Crippen LogP contribution in [-0.4, -0.2) is 43.1 Å². The average Bonchev–Trinajstić information content (AvgIpc) is 2.92. The lowest BCUT2D eigenvalue weighted by Gasteiger charge is -2.43. The van der Waals surface area contributed by atoms with Crippen LogP contribution in [-0.2, 0) is 12.7 Å². The van der Waals surface area contributed by atoms with Crippen molar-refractivity contribution in [1.82, 2.24) is 4.90 Å². The number of halogens is 3. The van der Waals surface area contributed by atoms with Crippen molar-refractivity contribution in [3.63, 3.8) is 0 Å². The number of nitrogens with two attached hydrogens (primary N) is 1. The molecule has 1 aliphatic heterocycles. The lowest BCUT2D eigenvalue weighted by Crippen LogP contribution is -2.55. The molecule has 8 heteroatoms. The van der Waals surface area contributed by atoms with Crippen LogP contribution in [0.2, 0.25) is 0 Å². The molecule has 1 saturated heterocycles. The highest BCUT2D eigenvalue weighted by Crippen LogP contribution is 2.40. The molecule has 0 aliphatic carbocycles. The van der Waals surface area contributed by atoms with Gasteiger partial charge in [-0.2, -0.15) is 13.2 Å². The molecule has 0 saturated carbocycles. The maximum atomic E-state index is 13.7. The number of alkyl halides is 3. The topological polar surface area (TPSA) is 58.8 Å². The molecule has 0 radical (unpaired) electrons. The summed E-state index contributed by atoms with van der Waals surface area (Å²) in [5.74, 6) is 0.144. The number of rotatable bonds is 7. The number of hydrogen-bond donors (Lipinski definition) is 1. The summed E-state index contributed by atoms with van der Waals surface area (Å²) in [7, 11) is 0. The van der Waals surface area contributed by atoms with Gasteiger partial charge in [-0.25, -0.2) is 0 Å². The van der Waals surface area contributed by atoms with Crippen molar-refractivity contribution in [3.05, 3.63) is 82.9 Å². The molecule has 0 unspecified atom stereocenters. The smallest absolute Gasteiger partial charge is 0.417 e. The largest absolute Gasteiger partial charge is 0.493 e. The summed E-state index contributed by atoms with van der Waals surface area (Å²) >= 11 is 0. The second-order valence-electron chi connectivity index (χ2n) is 9.50.